The highest BCUT2D eigenvalue weighted by atomic mass is 19.2. The van der Waals surface area contributed by atoms with Crippen molar-refractivity contribution in [3.63, 3.8) is 0 Å². The van der Waals surface area contributed by atoms with Crippen LogP contribution in [0.3, 0.4) is 0 Å². The van der Waals surface area contributed by atoms with Crippen LogP contribution >= 0.6 is 0 Å². The minimum atomic E-state index is -1.08. The fraction of sp³-hybridized carbons (Fsp3) is 0.273. The number of nitrogens with zero attached hydrogens (tertiary/aromatic N) is 3. The summed E-state index contributed by atoms with van der Waals surface area (Å²) in [5.74, 6) is -2.40. The summed E-state index contributed by atoms with van der Waals surface area (Å²) in [6, 6.07) is 14.0. The molecule has 0 amide bonds. The molecule has 3 heterocycles. The van der Waals surface area contributed by atoms with Crippen molar-refractivity contribution in [2.75, 3.05) is 18.8 Å². The predicted octanol–water partition coefficient (Wildman–Crippen LogP) is 7.27. The van der Waals surface area contributed by atoms with E-state index in [9.17, 15) is 13.6 Å². The van der Waals surface area contributed by atoms with Crippen molar-refractivity contribution in [1.82, 2.24) is 19.7 Å². The lowest BCUT2D eigenvalue weighted by Crippen LogP contribution is -2.38. The van der Waals surface area contributed by atoms with E-state index < -0.39 is 11.6 Å². The Balaban J connectivity index is 1.23. The molecule has 222 valence electrons. The molecule has 2 aromatic heterocycles. The topological polar surface area (TPSA) is 89.2 Å². The molecule has 10 heteroatoms. The maximum Gasteiger partial charge on any atom is 0.214 e. The number of H-pyrrole nitrogens is 1. The van der Waals surface area contributed by atoms with Crippen molar-refractivity contribution in [3.8, 4) is 17.2 Å². The van der Waals surface area contributed by atoms with Crippen LogP contribution in [0.5, 0.6) is 11.5 Å². The van der Waals surface area contributed by atoms with E-state index in [4.69, 9.17) is 10.5 Å². The Morgan fingerprint density at radius 1 is 1.05 bits per heavy atom. The number of nitrogens with one attached hydrogen (secondary N) is 1. The normalized spacial score (nSPS) is 14.6. The number of hydrogen-bond donors (Lipinski definition) is 2. The summed E-state index contributed by atoms with van der Waals surface area (Å²) in [4.78, 5) is 19.1. The third-order valence-corrected chi connectivity index (χ3v) is 8.27. The number of piperidine rings is 1. The molecule has 7 nitrogen and oxygen atoms in total. The van der Waals surface area contributed by atoms with Crippen molar-refractivity contribution in [2.45, 2.75) is 45.6 Å². The van der Waals surface area contributed by atoms with Gasteiger partial charge in [-0.2, -0.15) is 9.49 Å². The van der Waals surface area contributed by atoms with Crippen LogP contribution in [0.4, 0.5) is 19.0 Å². The molecule has 0 aliphatic carbocycles. The van der Waals surface area contributed by atoms with Gasteiger partial charge < -0.3 is 20.4 Å². The minimum absolute atomic E-state index is 0.125. The number of rotatable bonds is 7. The number of carbonyl (C=O) groups is 1. The number of ketones is 1. The number of carbonyl (C=O) groups excluding carboxylic acids is 1. The second-order valence-corrected chi connectivity index (χ2v) is 11.3. The van der Waals surface area contributed by atoms with Gasteiger partial charge in [0.15, 0.2) is 11.6 Å². The number of hydrogen-bond acceptors (Lipinski definition) is 5. The van der Waals surface area contributed by atoms with Crippen LogP contribution in [0.1, 0.15) is 59.8 Å². The molecular weight excluding hydrogens is 555 g/mol. The third kappa shape index (κ3) is 5.38. The van der Waals surface area contributed by atoms with Crippen molar-refractivity contribution in [2.24, 2.45) is 0 Å². The Morgan fingerprint density at radius 2 is 1.81 bits per heavy atom. The van der Waals surface area contributed by atoms with Gasteiger partial charge >= 0.3 is 0 Å². The molecular formula is C33H32F3N5O2. The molecule has 1 aliphatic heterocycles. The van der Waals surface area contributed by atoms with Gasteiger partial charge in [0.1, 0.15) is 17.4 Å². The number of fused-ring (bicyclic) bond motifs is 1. The SMILES string of the molecule is Cc1cc(Oc2cccc(F)c2F)ccc1-n1ncc(C(=O)c2cc3cc(F)c(C4CCN(C(C)C)CC4)cc3[nH]2)c1N. The molecule has 43 heavy (non-hydrogen) atoms. The molecule has 6 rings (SSSR count). The first-order chi connectivity index (χ1) is 20.6. The lowest BCUT2D eigenvalue weighted by Gasteiger charge is -2.34. The number of nitrogens with two attached hydrogens (primary N) is 1. The third-order valence-electron chi connectivity index (χ3n) is 8.27. The number of benzene rings is 3. The summed E-state index contributed by atoms with van der Waals surface area (Å²) in [5.41, 5.74) is 9.49. The highest BCUT2D eigenvalue weighted by Crippen LogP contribution is 2.34. The van der Waals surface area contributed by atoms with Gasteiger partial charge in [-0.15, -0.1) is 0 Å². The molecule has 0 atom stereocenters. The number of halogens is 3. The van der Waals surface area contributed by atoms with E-state index in [-0.39, 0.29) is 40.3 Å². The monoisotopic (exact) mass is 587 g/mol. The Hall–Kier alpha value is -4.57. The summed E-state index contributed by atoms with van der Waals surface area (Å²) in [5, 5.41) is 4.94. The van der Waals surface area contributed by atoms with Crippen LogP contribution in [0.15, 0.2) is 60.8 Å². The van der Waals surface area contributed by atoms with Gasteiger partial charge in [-0.05, 0) is 112 Å². The molecule has 0 bridgehead atoms. The van der Waals surface area contributed by atoms with E-state index in [0.29, 0.717) is 39.5 Å². The Morgan fingerprint density at radius 3 is 2.53 bits per heavy atom. The summed E-state index contributed by atoms with van der Waals surface area (Å²) in [7, 11) is 0. The first-order valence-corrected chi connectivity index (χ1v) is 14.3. The van der Waals surface area contributed by atoms with Crippen molar-refractivity contribution < 1.29 is 22.7 Å². The summed E-state index contributed by atoms with van der Waals surface area (Å²) < 4.78 is 49.7. The fourth-order valence-corrected chi connectivity index (χ4v) is 5.82. The van der Waals surface area contributed by atoms with Crippen molar-refractivity contribution in [3.05, 3.63) is 101 Å². The summed E-state index contributed by atoms with van der Waals surface area (Å²) in [6.07, 6.45) is 3.16. The first-order valence-electron chi connectivity index (χ1n) is 14.3. The van der Waals surface area contributed by atoms with Gasteiger partial charge in [0.05, 0.1) is 23.1 Å². The van der Waals surface area contributed by atoms with E-state index in [1.165, 1.54) is 29.1 Å². The zero-order valence-corrected chi connectivity index (χ0v) is 24.1. The lowest BCUT2D eigenvalue weighted by molar-refractivity contribution is 0.103. The zero-order chi connectivity index (χ0) is 30.4. The maximum atomic E-state index is 15.2. The van der Waals surface area contributed by atoms with Crippen LogP contribution in [-0.4, -0.2) is 44.6 Å². The quantitative estimate of drug-likeness (QED) is 0.196. The van der Waals surface area contributed by atoms with Gasteiger partial charge in [0.25, 0.3) is 0 Å². The van der Waals surface area contributed by atoms with Crippen molar-refractivity contribution in [1.29, 1.82) is 0 Å². The van der Waals surface area contributed by atoms with Crippen LogP contribution in [0.2, 0.25) is 0 Å². The maximum absolute atomic E-state index is 15.2. The van der Waals surface area contributed by atoms with Gasteiger partial charge in [-0.25, -0.2) is 13.5 Å². The van der Waals surface area contributed by atoms with E-state index in [1.807, 2.05) is 6.07 Å². The van der Waals surface area contributed by atoms with Crippen LogP contribution in [-0.2, 0) is 0 Å². The molecule has 0 spiro atoms. The number of anilines is 1. The number of ether oxygens (including phenoxy) is 1. The number of likely N-dealkylation sites (tertiary alicyclic amines) is 1. The van der Waals surface area contributed by atoms with Gasteiger partial charge in [0.2, 0.25) is 11.6 Å². The number of nitrogen functional groups attached to an aromatic ring is 1. The molecule has 3 N–H and O–H groups in total. The molecule has 1 aliphatic rings. The second kappa shape index (κ2) is 11.3. The highest BCUT2D eigenvalue weighted by molar-refractivity contribution is 6.12. The van der Waals surface area contributed by atoms with E-state index in [0.717, 1.165) is 32.0 Å². The van der Waals surface area contributed by atoms with Crippen LogP contribution in [0, 0.1) is 24.4 Å². The Kier molecular flexibility index (Phi) is 7.47. The molecule has 0 unspecified atom stereocenters. The molecule has 0 radical (unpaired) electrons. The molecule has 5 aromatic rings. The van der Waals surface area contributed by atoms with Gasteiger partial charge in [0, 0.05) is 16.9 Å². The zero-order valence-electron chi connectivity index (χ0n) is 24.1. The smallest absolute Gasteiger partial charge is 0.214 e. The van der Waals surface area contributed by atoms with E-state index in [2.05, 4.69) is 28.8 Å². The molecule has 1 fully saturated rings. The largest absolute Gasteiger partial charge is 0.454 e. The van der Waals surface area contributed by atoms with Gasteiger partial charge in [-0.3, -0.25) is 4.79 Å². The molecule has 0 saturated carbocycles. The minimum Gasteiger partial charge on any atom is -0.454 e. The summed E-state index contributed by atoms with van der Waals surface area (Å²) >= 11 is 0. The number of aromatic amines is 1. The standard InChI is InChI=1S/C33H32F3N5O2/c1-18(2)40-11-9-20(10-12-40)23-16-27-21(14-26(23)35)15-28(39-27)32(42)24-17-38-41(33(24)37)29-8-7-22(13-19(29)3)43-30-6-4-5-25(34)31(30)36/h4-8,13-18,20,39H,9-12,37H2,1-3H3. The van der Waals surface area contributed by atoms with Gasteiger partial charge in [-0.1, -0.05) is 6.07 Å². The highest BCUT2D eigenvalue weighted by Gasteiger charge is 2.26. The predicted molar refractivity (Wildman–Crippen MR) is 160 cm³/mol. The Bertz CT molecular complexity index is 1840. The molecule has 3 aromatic carbocycles. The second-order valence-electron chi connectivity index (χ2n) is 11.3. The number of aromatic nitrogens is 3. The average Bonchev–Trinajstić information content (AvgIpc) is 3.58. The fourth-order valence-electron chi connectivity index (χ4n) is 5.82. The van der Waals surface area contributed by atoms with E-state index >= 15 is 4.39 Å². The summed E-state index contributed by atoms with van der Waals surface area (Å²) in [6.45, 7) is 7.99. The van der Waals surface area contributed by atoms with Crippen LogP contribution < -0.4 is 10.5 Å². The lowest BCUT2D eigenvalue weighted by atomic mass is 9.88. The average molecular weight is 588 g/mol. The first kappa shape index (κ1) is 28.5. The number of aryl methyl sites for hydroxylation is 1. The van der Waals surface area contributed by atoms with Crippen molar-refractivity contribution >= 4 is 22.5 Å². The van der Waals surface area contributed by atoms with E-state index in [1.54, 1.807) is 31.2 Å². The molecule has 1 saturated heterocycles. The Labute approximate surface area is 247 Å². The van der Waals surface area contributed by atoms with Crippen LogP contribution in [0.25, 0.3) is 16.6 Å².